The van der Waals surface area contributed by atoms with Gasteiger partial charge in [-0.05, 0) is 49.9 Å². The molecule has 1 aromatic heterocycles. The maximum atomic E-state index is 12.8. The van der Waals surface area contributed by atoms with Crippen LogP contribution in [0, 0.1) is 0 Å². The summed E-state index contributed by atoms with van der Waals surface area (Å²) in [7, 11) is 0. The van der Waals surface area contributed by atoms with Crippen molar-refractivity contribution in [2.75, 3.05) is 16.8 Å². The Morgan fingerprint density at radius 2 is 2.09 bits per heavy atom. The number of carbonyl (C=O) groups is 1. The highest BCUT2D eigenvalue weighted by Gasteiger charge is 2.24. The molecule has 1 N–H and O–H groups in total. The van der Waals surface area contributed by atoms with E-state index in [1.54, 1.807) is 6.07 Å². The number of aryl methyl sites for hydroxylation is 1. The Bertz CT molecular complexity index is 684. The highest BCUT2D eigenvalue weighted by Crippen LogP contribution is 2.27. The van der Waals surface area contributed by atoms with Gasteiger partial charge in [0, 0.05) is 18.3 Å². The van der Waals surface area contributed by atoms with Crippen molar-refractivity contribution in [2.24, 2.45) is 0 Å². The largest absolute Gasteiger partial charge is 0.366 e. The van der Waals surface area contributed by atoms with Crippen molar-refractivity contribution in [1.82, 2.24) is 10.2 Å². The van der Waals surface area contributed by atoms with Gasteiger partial charge in [0.25, 0.3) is 5.91 Å². The lowest BCUT2D eigenvalue weighted by atomic mass is 10.0. The summed E-state index contributed by atoms with van der Waals surface area (Å²) in [6.45, 7) is 4.92. The van der Waals surface area contributed by atoms with Crippen molar-refractivity contribution < 1.29 is 4.79 Å². The van der Waals surface area contributed by atoms with Gasteiger partial charge in [-0.2, -0.15) is 0 Å². The molecule has 1 aliphatic heterocycles. The molecule has 2 aromatic rings. The van der Waals surface area contributed by atoms with Crippen LogP contribution in [0.5, 0.6) is 0 Å². The average Bonchev–Trinajstić information content (AvgIpc) is 2.61. The average molecular weight is 310 g/mol. The van der Waals surface area contributed by atoms with Gasteiger partial charge in [-0.25, -0.2) is 0 Å². The molecule has 0 aliphatic carbocycles. The van der Waals surface area contributed by atoms with Crippen LogP contribution in [-0.2, 0) is 6.42 Å². The first-order chi connectivity index (χ1) is 11.2. The smallest absolute Gasteiger partial charge is 0.278 e. The summed E-state index contributed by atoms with van der Waals surface area (Å²) in [4.78, 5) is 14.6. The molecule has 0 saturated carbocycles. The molecule has 5 nitrogen and oxygen atoms in total. The Hall–Kier alpha value is -2.43. The summed E-state index contributed by atoms with van der Waals surface area (Å²) in [5.74, 6) is 0.620. The summed E-state index contributed by atoms with van der Waals surface area (Å²) in [5, 5.41) is 11.5. The minimum absolute atomic E-state index is 0.0836. The van der Waals surface area contributed by atoms with Crippen molar-refractivity contribution in [2.45, 2.75) is 39.2 Å². The molecule has 1 aliphatic rings. The second kappa shape index (κ2) is 6.77. The van der Waals surface area contributed by atoms with Gasteiger partial charge < -0.3 is 10.2 Å². The molecular formula is C18H22N4O. The van der Waals surface area contributed by atoms with Crippen molar-refractivity contribution in [1.29, 1.82) is 0 Å². The van der Waals surface area contributed by atoms with Crippen LogP contribution in [0.25, 0.3) is 0 Å². The zero-order valence-corrected chi connectivity index (χ0v) is 13.6. The first kappa shape index (κ1) is 15.5. The first-order valence-electron chi connectivity index (χ1n) is 8.19. The van der Waals surface area contributed by atoms with Crippen molar-refractivity contribution in [3.63, 3.8) is 0 Å². The molecule has 0 spiro atoms. The van der Waals surface area contributed by atoms with Gasteiger partial charge in [0.15, 0.2) is 5.69 Å². The van der Waals surface area contributed by atoms with Crippen LogP contribution in [0.2, 0.25) is 0 Å². The molecule has 1 unspecified atom stereocenters. The molecule has 0 fully saturated rings. The van der Waals surface area contributed by atoms with Gasteiger partial charge in [-0.1, -0.05) is 25.1 Å². The highest BCUT2D eigenvalue weighted by molar-refractivity contribution is 6.05. The van der Waals surface area contributed by atoms with Crippen LogP contribution in [-0.4, -0.2) is 28.7 Å². The fourth-order valence-electron chi connectivity index (χ4n) is 2.76. The number of fused-ring (bicyclic) bond motifs is 1. The molecule has 120 valence electrons. The maximum absolute atomic E-state index is 12.8. The van der Waals surface area contributed by atoms with Gasteiger partial charge in [0.05, 0.1) is 0 Å². The number of amides is 1. The molecule has 1 atom stereocenters. The van der Waals surface area contributed by atoms with E-state index in [4.69, 9.17) is 0 Å². The zero-order chi connectivity index (χ0) is 16.2. The predicted molar refractivity (Wildman–Crippen MR) is 91.8 cm³/mol. The van der Waals surface area contributed by atoms with Crippen LogP contribution in [0.3, 0.4) is 0 Å². The monoisotopic (exact) mass is 310 g/mol. The molecular weight excluding hydrogens is 288 g/mol. The second-order valence-corrected chi connectivity index (χ2v) is 5.95. The molecule has 1 aromatic carbocycles. The number of hydrogen-bond acceptors (Lipinski definition) is 4. The summed E-state index contributed by atoms with van der Waals surface area (Å²) >= 11 is 0. The van der Waals surface area contributed by atoms with Crippen molar-refractivity contribution in [3.8, 4) is 0 Å². The SMILES string of the molecule is CCC(C)Nc1ccc(C(=O)N2CCCc3ccccc32)nn1. The molecule has 1 amide bonds. The number of rotatable bonds is 4. The Morgan fingerprint density at radius 3 is 2.83 bits per heavy atom. The number of nitrogens with zero attached hydrogens (tertiary/aromatic N) is 3. The third-order valence-corrected chi connectivity index (χ3v) is 4.25. The normalized spacial score (nSPS) is 15.0. The molecule has 3 rings (SSSR count). The number of para-hydroxylation sites is 1. The topological polar surface area (TPSA) is 58.1 Å². The molecule has 2 heterocycles. The van der Waals surface area contributed by atoms with E-state index in [1.807, 2.05) is 29.2 Å². The third kappa shape index (κ3) is 3.33. The number of nitrogens with one attached hydrogen (secondary N) is 1. The number of benzene rings is 1. The lowest BCUT2D eigenvalue weighted by Gasteiger charge is -2.29. The van der Waals surface area contributed by atoms with Gasteiger partial charge in [0.2, 0.25) is 0 Å². The fraction of sp³-hybridized carbons (Fsp3) is 0.389. The van der Waals surface area contributed by atoms with E-state index < -0.39 is 0 Å². The van der Waals surface area contributed by atoms with Crippen LogP contribution < -0.4 is 10.2 Å². The summed E-state index contributed by atoms with van der Waals surface area (Å²) in [6, 6.07) is 12.0. The quantitative estimate of drug-likeness (QED) is 0.941. The molecule has 5 heteroatoms. The van der Waals surface area contributed by atoms with E-state index in [0.717, 1.165) is 31.5 Å². The standard InChI is InChI=1S/C18H22N4O/c1-3-13(2)19-17-11-10-15(20-21-17)18(23)22-12-6-8-14-7-4-5-9-16(14)22/h4-5,7,9-11,13H,3,6,8,12H2,1-2H3,(H,19,21). The Morgan fingerprint density at radius 1 is 1.26 bits per heavy atom. The maximum Gasteiger partial charge on any atom is 0.278 e. The third-order valence-electron chi connectivity index (χ3n) is 4.25. The summed E-state index contributed by atoms with van der Waals surface area (Å²) in [5.41, 5.74) is 2.60. The number of anilines is 2. The first-order valence-corrected chi connectivity index (χ1v) is 8.19. The summed E-state index contributed by atoms with van der Waals surface area (Å²) < 4.78 is 0. The van der Waals surface area contributed by atoms with Gasteiger partial charge in [-0.3, -0.25) is 4.79 Å². The lowest BCUT2D eigenvalue weighted by Crippen LogP contribution is -2.36. The number of carbonyl (C=O) groups excluding carboxylic acids is 1. The van der Waals surface area contributed by atoms with Gasteiger partial charge >= 0.3 is 0 Å². The molecule has 0 radical (unpaired) electrons. The number of aromatic nitrogens is 2. The minimum atomic E-state index is -0.0836. The van der Waals surface area contributed by atoms with Crippen LogP contribution in [0.15, 0.2) is 36.4 Å². The lowest BCUT2D eigenvalue weighted by molar-refractivity contribution is 0.0979. The van der Waals surface area contributed by atoms with E-state index in [1.165, 1.54) is 5.56 Å². The van der Waals surface area contributed by atoms with E-state index >= 15 is 0 Å². The molecule has 0 bridgehead atoms. The van der Waals surface area contributed by atoms with E-state index in [-0.39, 0.29) is 5.91 Å². The predicted octanol–water partition coefficient (Wildman–Crippen LogP) is 3.28. The van der Waals surface area contributed by atoms with Gasteiger partial charge in [0.1, 0.15) is 5.82 Å². The minimum Gasteiger partial charge on any atom is -0.366 e. The van der Waals surface area contributed by atoms with Crippen LogP contribution in [0.1, 0.15) is 42.7 Å². The van der Waals surface area contributed by atoms with E-state index in [9.17, 15) is 4.79 Å². The summed E-state index contributed by atoms with van der Waals surface area (Å²) in [6.07, 6.45) is 3.00. The van der Waals surface area contributed by atoms with Crippen LogP contribution in [0.4, 0.5) is 11.5 Å². The molecule has 0 saturated heterocycles. The van der Waals surface area contributed by atoms with E-state index in [2.05, 4.69) is 35.4 Å². The van der Waals surface area contributed by atoms with Crippen molar-refractivity contribution in [3.05, 3.63) is 47.7 Å². The highest BCUT2D eigenvalue weighted by atomic mass is 16.2. The zero-order valence-electron chi connectivity index (χ0n) is 13.6. The Kier molecular flexibility index (Phi) is 4.55. The number of hydrogen-bond donors (Lipinski definition) is 1. The Labute approximate surface area is 136 Å². The van der Waals surface area contributed by atoms with Crippen LogP contribution >= 0.6 is 0 Å². The van der Waals surface area contributed by atoms with Crippen molar-refractivity contribution >= 4 is 17.4 Å². The Balaban J connectivity index is 1.79. The molecule has 23 heavy (non-hydrogen) atoms. The van der Waals surface area contributed by atoms with Gasteiger partial charge in [-0.15, -0.1) is 10.2 Å². The second-order valence-electron chi connectivity index (χ2n) is 5.95. The fourth-order valence-corrected chi connectivity index (χ4v) is 2.76. The van der Waals surface area contributed by atoms with E-state index in [0.29, 0.717) is 17.6 Å².